The van der Waals surface area contributed by atoms with E-state index >= 15 is 0 Å². The molecule has 2 aromatic rings. The van der Waals surface area contributed by atoms with Crippen molar-refractivity contribution in [2.24, 2.45) is 11.5 Å². The molecule has 0 spiro atoms. The molecule has 0 fully saturated rings. The minimum Gasteiger partial charge on any atom is -0.324 e. The molecule has 2 heteroatoms. The van der Waals surface area contributed by atoms with Gasteiger partial charge in [0.05, 0.1) is 0 Å². The lowest BCUT2D eigenvalue weighted by Gasteiger charge is -2.18. The summed E-state index contributed by atoms with van der Waals surface area (Å²) in [6.07, 6.45) is 0.758. The molecule has 17 heavy (non-hydrogen) atoms. The third kappa shape index (κ3) is 3.16. The van der Waals surface area contributed by atoms with Gasteiger partial charge < -0.3 is 11.5 Å². The van der Waals surface area contributed by atoms with E-state index in [1.807, 2.05) is 60.7 Å². The first-order valence-corrected chi connectivity index (χ1v) is 5.88. The van der Waals surface area contributed by atoms with Crippen LogP contribution in [0.1, 0.15) is 29.6 Å². The first-order chi connectivity index (χ1) is 8.27. The second-order valence-corrected chi connectivity index (χ2v) is 4.27. The summed E-state index contributed by atoms with van der Waals surface area (Å²) >= 11 is 0. The van der Waals surface area contributed by atoms with Gasteiger partial charge in [0.25, 0.3) is 0 Å². The predicted octanol–water partition coefficient (Wildman–Crippen LogP) is 2.78. The van der Waals surface area contributed by atoms with Crippen LogP contribution in [0.2, 0.25) is 0 Å². The summed E-state index contributed by atoms with van der Waals surface area (Å²) in [6.45, 7) is 0. The highest BCUT2D eigenvalue weighted by Gasteiger charge is 2.12. The van der Waals surface area contributed by atoms with Crippen molar-refractivity contribution >= 4 is 0 Å². The maximum Gasteiger partial charge on any atom is 0.0313 e. The molecule has 2 rings (SSSR count). The Balaban J connectivity index is 2.02. The van der Waals surface area contributed by atoms with E-state index in [9.17, 15) is 0 Å². The Hall–Kier alpha value is -1.64. The SMILES string of the molecule is NC(CC(N)c1ccccc1)c1ccccc1. The average Bonchev–Trinajstić information content (AvgIpc) is 2.40. The lowest BCUT2D eigenvalue weighted by molar-refractivity contribution is 0.557. The molecule has 2 nitrogen and oxygen atoms in total. The second-order valence-electron chi connectivity index (χ2n) is 4.27. The zero-order valence-electron chi connectivity index (χ0n) is 9.79. The van der Waals surface area contributed by atoms with E-state index in [2.05, 4.69) is 0 Å². The molecule has 0 aliphatic heterocycles. The fraction of sp³-hybridized carbons (Fsp3) is 0.200. The molecule has 0 aliphatic carbocycles. The van der Waals surface area contributed by atoms with Gasteiger partial charge in [-0.2, -0.15) is 0 Å². The van der Waals surface area contributed by atoms with Crippen molar-refractivity contribution < 1.29 is 0 Å². The molecular weight excluding hydrogens is 208 g/mol. The molecule has 2 aromatic carbocycles. The van der Waals surface area contributed by atoms with Crippen LogP contribution in [0, 0.1) is 0 Å². The van der Waals surface area contributed by atoms with Gasteiger partial charge in [-0.25, -0.2) is 0 Å². The monoisotopic (exact) mass is 226 g/mol. The van der Waals surface area contributed by atoms with Gasteiger partial charge in [0.15, 0.2) is 0 Å². The summed E-state index contributed by atoms with van der Waals surface area (Å²) in [4.78, 5) is 0. The van der Waals surface area contributed by atoms with Crippen LogP contribution in [0.3, 0.4) is 0 Å². The Bertz CT molecular complexity index is 395. The standard InChI is InChI=1S/C15H18N2/c16-14(12-7-3-1-4-8-12)11-15(17)13-9-5-2-6-10-13/h1-10,14-15H,11,16-17H2. The number of hydrogen-bond donors (Lipinski definition) is 2. The number of hydrogen-bond acceptors (Lipinski definition) is 2. The molecular formula is C15H18N2. The van der Waals surface area contributed by atoms with Gasteiger partial charge >= 0.3 is 0 Å². The molecule has 88 valence electrons. The summed E-state index contributed by atoms with van der Waals surface area (Å²) in [5.74, 6) is 0. The minimum atomic E-state index is -0.00796. The lowest BCUT2D eigenvalue weighted by atomic mass is 9.96. The Kier molecular flexibility index (Phi) is 3.91. The van der Waals surface area contributed by atoms with Crippen LogP contribution in [0.25, 0.3) is 0 Å². The fourth-order valence-corrected chi connectivity index (χ4v) is 1.95. The topological polar surface area (TPSA) is 52.0 Å². The summed E-state index contributed by atoms with van der Waals surface area (Å²) in [5, 5.41) is 0. The lowest BCUT2D eigenvalue weighted by Crippen LogP contribution is -2.19. The third-order valence-corrected chi connectivity index (χ3v) is 2.96. The highest BCUT2D eigenvalue weighted by molar-refractivity contribution is 5.22. The molecule has 0 aliphatic rings. The van der Waals surface area contributed by atoms with Gasteiger partial charge in [-0.05, 0) is 17.5 Å². The van der Waals surface area contributed by atoms with E-state index in [-0.39, 0.29) is 12.1 Å². The molecule has 0 saturated heterocycles. The largest absolute Gasteiger partial charge is 0.324 e. The van der Waals surface area contributed by atoms with Gasteiger partial charge in [-0.3, -0.25) is 0 Å². The van der Waals surface area contributed by atoms with Crippen molar-refractivity contribution in [2.75, 3.05) is 0 Å². The minimum absolute atomic E-state index is 0.00796. The highest BCUT2D eigenvalue weighted by Crippen LogP contribution is 2.22. The van der Waals surface area contributed by atoms with Crippen LogP contribution in [-0.4, -0.2) is 0 Å². The van der Waals surface area contributed by atoms with Gasteiger partial charge in [0, 0.05) is 12.1 Å². The van der Waals surface area contributed by atoms with E-state index < -0.39 is 0 Å². The average molecular weight is 226 g/mol. The molecule has 0 heterocycles. The van der Waals surface area contributed by atoms with Crippen molar-refractivity contribution in [1.29, 1.82) is 0 Å². The smallest absolute Gasteiger partial charge is 0.0313 e. The van der Waals surface area contributed by atoms with E-state index in [1.165, 1.54) is 0 Å². The summed E-state index contributed by atoms with van der Waals surface area (Å²) < 4.78 is 0. The molecule has 0 amide bonds. The van der Waals surface area contributed by atoms with Crippen molar-refractivity contribution in [2.45, 2.75) is 18.5 Å². The Morgan fingerprint density at radius 2 is 1.00 bits per heavy atom. The van der Waals surface area contributed by atoms with Crippen molar-refractivity contribution in [3.05, 3.63) is 71.8 Å². The third-order valence-electron chi connectivity index (χ3n) is 2.96. The zero-order chi connectivity index (χ0) is 12.1. The number of nitrogens with two attached hydrogens (primary N) is 2. The van der Waals surface area contributed by atoms with E-state index in [0.717, 1.165) is 17.5 Å². The Labute approximate surface area is 102 Å². The van der Waals surface area contributed by atoms with E-state index in [0.29, 0.717) is 0 Å². The van der Waals surface area contributed by atoms with Crippen LogP contribution in [0.5, 0.6) is 0 Å². The molecule has 2 atom stereocenters. The van der Waals surface area contributed by atoms with Gasteiger partial charge in [0.1, 0.15) is 0 Å². The molecule has 0 aromatic heterocycles. The maximum atomic E-state index is 6.15. The van der Waals surface area contributed by atoms with Crippen molar-refractivity contribution in [1.82, 2.24) is 0 Å². The van der Waals surface area contributed by atoms with Crippen LogP contribution >= 0.6 is 0 Å². The second kappa shape index (κ2) is 5.62. The summed E-state index contributed by atoms with van der Waals surface area (Å²) in [5.41, 5.74) is 14.6. The maximum absolute atomic E-state index is 6.15. The van der Waals surface area contributed by atoms with E-state index in [4.69, 9.17) is 11.5 Å². The number of benzene rings is 2. The Morgan fingerprint density at radius 3 is 1.35 bits per heavy atom. The zero-order valence-corrected chi connectivity index (χ0v) is 9.79. The van der Waals surface area contributed by atoms with Gasteiger partial charge in [-0.1, -0.05) is 60.7 Å². The van der Waals surface area contributed by atoms with Crippen molar-refractivity contribution in [3.63, 3.8) is 0 Å². The Morgan fingerprint density at radius 1 is 0.647 bits per heavy atom. The molecule has 0 bridgehead atoms. The fourth-order valence-electron chi connectivity index (χ4n) is 1.95. The van der Waals surface area contributed by atoms with Gasteiger partial charge in [-0.15, -0.1) is 0 Å². The molecule has 2 unspecified atom stereocenters. The summed E-state index contributed by atoms with van der Waals surface area (Å²) in [6, 6.07) is 20.2. The van der Waals surface area contributed by atoms with Crippen LogP contribution in [0.15, 0.2) is 60.7 Å². The van der Waals surface area contributed by atoms with Crippen LogP contribution < -0.4 is 11.5 Å². The number of rotatable bonds is 4. The first-order valence-electron chi connectivity index (χ1n) is 5.88. The van der Waals surface area contributed by atoms with E-state index in [1.54, 1.807) is 0 Å². The van der Waals surface area contributed by atoms with Crippen LogP contribution in [0.4, 0.5) is 0 Å². The normalized spacial score (nSPS) is 14.2. The molecule has 0 radical (unpaired) electrons. The first kappa shape index (κ1) is 11.8. The highest BCUT2D eigenvalue weighted by atomic mass is 14.7. The quantitative estimate of drug-likeness (QED) is 0.842. The molecule has 4 N–H and O–H groups in total. The predicted molar refractivity (Wildman–Crippen MR) is 71.4 cm³/mol. The van der Waals surface area contributed by atoms with Crippen LogP contribution in [-0.2, 0) is 0 Å². The van der Waals surface area contributed by atoms with Crippen molar-refractivity contribution in [3.8, 4) is 0 Å². The summed E-state index contributed by atoms with van der Waals surface area (Å²) in [7, 11) is 0. The van der Waals surface area contributed by atoms with Gasteiger partial charge in [0.2, 0.25) is 0 Å². The molecule has 0 saturated carbocycles.